The number of benzene rings is 2. The van der Waals surface area contributed by atoms with Crippen LogP contribution >= 0.6 is 15.9 Å². The molecule has 0 N–H and O–H groups in total. The summed E-state index contributed by atoms with van der Waals surface area (Å²) in [6.45, 7) is 1.90. The Hall–Kier alpha value is -1.86. The molecule has 0 spiro atoms. The third kappa shape index (κ3) is 2.69. The Kier molecular flexibility index (Phi) is 3.63. The molecule has 18 heavy (non-hydrogen) atoms. The monoisotopic (exact) mass is 305 g/mol. The van der Waals surface area contributed by atoms with Crippen LogP contribution in [0.4, 0.5) is 4.39 Å². The number of hydrogen-bond acceptors (Lipinski definition) is 2. The Morgan fingerprint density at radius 1 is 1.22 bits per heavy atom. The molecule has 0 fully saturated rings. The summed E-state index contributed by atoms with van der Waals surface area (Å²) in [5.74, 6) is 0.385. The molecule has 0 saturated carbocycles. The van der Waals surface area contributed by atoms with Gasteiger partial charge in [-0.05, 0) is 52.7 Å². The van der Waals surface area contributed by atoms with Crippen molar-refractivity contribution in [2.75, 3.05) is 0 Å². The standard InChI is InChI=1S/C14H9BrFNO/c1-9-2-3-10(8-17)14(6-9)18-11-4-5-12(15)13(16)7-11/h2-7H,1H3. The molecule has 0 unspecified atom stereocenters. The second-order valence-corrected chi connectivity index (χ2v) is 4.64. The van der Waals surface area contributed by atoms with Crippen molar-refractivity contribution in [2.24, 2.45) is 0 Å². The van der Waals surface area contributed by atoms with Gasteiger partial charge >= 0.3 is 0 Å². The second kappa shape index (κ2) is 5.19. The number of hydrogen-bond donors (Lipinski definition) is 0. The van der Waals surface area contributed by atoms with E-state index in [-0.39, 0.29) is 0 Å². The Balaban J connectivity index is 2.36. The first-order valence-corrected chi connectivity index (χ1v) is 6.03. The van der Waals surface area contributed by atoms with Crippen LogP contribution in [0.1, 0.15) is 11.1 Å². The van der Waals surface area contributed by atoms with Crippen molar-refractivity contribution in [3.8, 4) is 17.6 Å². The van der Waals surface area contributed by atoms with E-state index in [4.69, 9.17) is 10.00 Å². The molecule has 2 nitrogen and oxygen atoms in total. The lowest BCUT2D eigenvalue weighted by Gasteiger charge is -2.08. The molecule has 4 heteroatoms. The van der Waals surface area contributed by atoms with E-state index in [1.54, 1.807) is 24.3 Å². The molecule has 0 amide bonds. The predicted molar refractivity (Wildman–Crippen MR) is 70.1 cm³/mol. The topological polar surface area (TPSA) is 33.0 Å². The van der Waals surface area contributed by atoms with Gasteiger partial charge in [0.05, 0.1) is 10.0 Å². The average molecular weight is 306 g/mol. The van der Waals surface area contributed by atoms with Gasteiger partial charge in [-0.2, -0.15) is 5.26 Å². The van der Waals surface area contributed by atoms with Crippen LogP contribution in [0.3, 0.4) is 0 Å². The molecule has 90 valence electrons. The summed E-state index contributed by atoms with van der Waals surface area (Å²) >= 11 is 3.07. The van der Waals surface area contributed by atoms with Crippen LogP contribution < -0.4 is 4.74 Å². The summed E-state index contributed by atoms with van der Waals surface area (Å²) in [6.07, 6.45) is 0. The molecule has 0 bridgehead atoms. The largest absolute Gasteiger partial charge is 0.456 e. The molecular weight excluding hydrogens is 297 g/mol. The molecule has 0 saturated heterocycles. The van der Waals surface area contributed by atoms with Gasteiger partial charge in [0, 0.05) is 6.07 Å². The highest BCUT2D eigenvalue weighted by Gasteiger charge is 2.07. The predicted octanol–water partition coefficient (Wildman–Crippen LogP) is 4.56. The molecule has 2 rings (SSSR count). The van der Waals surface area contributed by atoms with E-state index in [0.717, 1.165) is 5.56 Å². The summed E-state index contributed by atoms with van der Waals surface area (Å²) in [4.78, 5) is 0. The number of halogens is 2. The normalized spacial score (nSPS) is 9.89. The summed E-state index contributed by atoms with van der Waals surface area (Å²) in [5.41, 5.74) is 1.39. The zero-order valence-corrected chi connectivity index (χ0v) is 11.2. The lowest BCUT2D eigenvalue weighted by molar-refractivity contribution is 0.474. The molecule has 0 heterocycles. The zero-order valence-electron chi connectivity index (χ0n) is 9.58. The first-order chi connectivity index (χ1) is 8.60. The molecule has 2 aromatic carbocycles. The minimum Gasteiger partial charge on any atom is -0.456 e. The van der Waals surface area contributed by atoms with Gasteiger partial charge in [0.2, 0.25) is 0 Å². The van der Waals surface area contributed by atoms with E-state index in [9.17, 15) is 4.39 Å². The molecule has 2 aromatic rings. The van der Waals surface area contributed by atoms with Crippen LogP contribution in [0.5, 0.6) is 11.5 Å². The highest BCUT2D eigenvalue weighted by atomic mass is 79.9. The fraction of sp³-hybridized carbons (Fsp3) is 0.0714. The van der Waals surface area contributed by atoms with Crippen LogP contribution in [0.25, 0.3) is 0 Å². The lowest BCUT2D eigenvalue weighted by Crippen LogP contribution is -1.90. The zero-order chi connectivity index (χ0) is 13.1. The first kappa shape index (κ1) is 12.6. The maximum absolute atomic E-state index is 13.4. The van der Waals surface area contributed by atoms with Crippen LogP contribution in [0.2, 0.25) is 0 Å². The van der Waals surface area contributed by atoms with Gasteiger partial charge < -0.3 is 4.74 Å². The van der Waals surface area contributed by atoms with Crippen LogP contribution in [0, 0.1) is 24.1 Å². The van der Waals surface area contributed by atoms with E-state index in [1.807, 2.05) is 19.1 Å². The summed E-state index contributed by atoms with van der Waals surface area (Å²) in [5, 5.41) is 8.97. The Bertz CT molecular complexity index is 634. The van der Waals surface area contributed by atoms with Gasteiger partial charge in [0.25, 0.3) is 0 Å². The molecular formula is C14H9BrFNO. The van der Waals surface area contributed by atoms with Gasteiger partial charge in [-0.3, -0.25) is 0 Å². The summed E-state index contributed by atoms with van der Waals surface area (Å²) < 4.78 is 19.3. The number of nitrogens with zero attached hydrogens (tertiary/aromatic N) is 1. The van der Waals surface area contributed by atoms with E-state index in [1.165, 1.54) is 6.07 Å². The molecule has 0 aliphatic heterocycles. The van der Waals surface area contributed by atoms with Crippen LogP contribution in [-0.2, 0) is 0 Å². The highest BCUT2D eigenvalue weighted by Crippen LogP contribution is 2.28. The summed E-state index contributed by atoms with van der Waals surface area (Å²) in [6, 6.07) is 11.8. The number of ether oxygens (including phenoxy) is 1. The van der Waals surface area contributed by atoms with E-state index in [0.29, 0.717) is 21.5 Å². The van der Waals surface area contributed by atoms with Crippen molar-refractivity contribution < 1.29 is 9.13 Å². The molecule has 0 aromatic heterocycles. The summed E-state index contributed by atoms with van der Waals surface area (Å²) in [7, 11) is 0. The van der Waals surface area contributed by atoms with E-state index >= 15 is 0 Å². The fourth-order valence-electron chi connectivity index (χ4n) is 1.47. The van der Waals surface area contributed by atoms with Gasteiger partial charge in [0.15, 0.2) is 0 Å². The smallest absolute Gasteiger partial charge is 0.145 e. The number of nitriles is 1. The van der Waals surface area contributed by atoms with Crippen LogP contribution in [0.15, 0.2) is 40.9 Å². The molecule has 0 aliphatic rings. The van der Waals surface area contributed by atoms with Crippen molar-refractivity contribution in [2.45, 2.75) is 6.92 Å². The lowest BCUT2D eigenvalue weighted by atomic mass is 10.1. The SMILES string of the molecule is Cc1ccc(C#N)c(Oc2ccc(Br)c(F)c2)c1. The molecule has 0 atom stereocenters. The molecule has 0 radical (unpaired) electrons. The van der Waals surface area contributed by atoms with Crippen molar-refractivity contribution in [1.82, 2.24) is 0 Å². The van der Waals surface area contributed by atoms with Gasteiger partial charge in [-0.15, -0.1) is 0 Å². The van der Waals surface area contributed by atoms with E-state index in [2.05, 4.69) is 15.9 Å². The average Bonchev–Trinajstić information content (AvgIpc) is 2.34. The number of rotatable bonds is 2. The Labute approximate surface area is 113 Å². The van der Waals surface area contributed by atoms with Gasteiger partial charge in [-0.1, -0.05) is 6.07 Å². The quantitative estimate of drug-likeness (QED) is 0.815. The first-order valence-electron chi connectivity index (χ1n) is 5.24. The maximum atomic E-state index is 13.4. The highest BCUT2D eigenvalue weighted by molar-refractivity contribution is 9.10. The van der Waals surface area contributed by atoms with Crippen molar-refractivity contribution in [3.63, 3.8) is 0 Å². The number of aryl methyl sites for hydroxylation is 1. The van der Waals surface area contributed by atoms with Crippen LogP contribution in [-0.4, -0.2) is 0 Å². The van der Waals surface area contributed by atoms with Crippen molar-refractivity contribution >= 4 is 15.9 Å². The molecule has 0 aliphatic carbocycles. The minimum absolute atomic E-state index is 0.359. The fourth-order valence-corrected chi connectivity index (χ4v) is 1.72. The van der Waals surface area contributed by atoms with Crippen molar-refractivity contribution in [1.29, 1.82) is 5.26 Å². The van der Waals surface area contributed by atoms with E-state index < -0.39 is 5.82 Å². The van der Waals surface area contributed by atoms with Gasteiger partial charge in [0.1, 0.15) is 23.4 Å². The third-order valence-corrected chi connectivity index (χ3v) is 3.02. The van der Waals surface area contributed by atoms with Crippen molar-refractivity contribution in [3.05, 3.63) is 57.8 Å². The van der Waals surface area contributed by atoms with Gasteiger partial charge in [-0.25, -0.2) is 4.39 Å². The minimum atomic E-state index is -0.404. The third-order valence-electron chi connectivity index (χ3n) is 2.38. The Morgan fingerprint density at radius 2 is 2.00 bits per heavy atom. The Morgan fingerprint density at radius 3 is 2.67 bits per heavy atom. The maximum Gasteiger partial charge on any atom is 0.145 e. The second-order valence-electron chi connectivity index (χ2n) is 3.79.